The summed E-state index contributed by atoms with van der Waals surface area (Å²) in [5, 5.41) is 0.0578. The first kappa shape index (κ1) is 24.8. The predicted octanol–water partition coefficient (Wildman–Crippen LogP) is 5.73. The molecule has 6 rings (SSSR count). The number of amides is 1. The fourth-order valence-corrected chi connectivity index (χ4v) is 6.09. The van der Waals surface area contributed by atoms with Gasteiger partial charge in [0.05, 0.1) is 0 Å². The lowest BCUT2D eigenvalue weighted by molar-refractivity contribution is -0.141. The number of thioether (sulfide) groups is 1. The molecule has 0 radical (unpaired) electrons. The van der Waals surface area contributed by atoms with Crippen molar-refractivity contribution in [2.24, 2.45) is 0 Å². The Hall–Kier alpha value is -3.47. The number of benzene rings is 2. The first-order chi connectivity index (χ1) is 18.3. The number of hydrogen-bond donors (Lipinski definition) is 0. The van der Waals surface area contributed by atoms with Crippen molar-refractivity contribution in [2.45, 2.75) is 61.0 Å². The van der Waals surface area contributed by atoms with Gasteiger partial charge in [0.15, 0.2) is 16.7 Å². The minimum Gasteiger partial charge on any atom is -0.490 e. The minimum atomic E-state index is -4.51. The van der Waals surface area contributed by atoms with Gasteiger partial charge in [-0.15, -0.1) is 0 Å². The fourth-order valence-electron chi connectivity index (χ4n) is 5.31. The zero-order valence-corrected chi connectivity index (χ0v) is 21.0. The fraction of sp³-hybridized carbons (Fsp3) is 0.370. The van der Waals surface area contributed by atoms with E-state index in [0.717, 1.165) is 61.0 Å². The largest absolute Gasteiger partial charge is 0.490 e. The van der Waals surface area contributed by atoms with E-state index in [1.807, 2.05) is 35.2 Å². The molecule has 3 aliphatic heterocycles. The van der Waals surface area contributed by atoms with Gasteiger partial charge in [-0.05, 0) is 48.7 Å². The number of alkyl halides is 3. The molecule has 0 aliphatic carbocycles. The number of ether oxygens (including phenoxy) is 3. The van der Waals surface area contributed by atoms with Crippen molar-refractivity contribution >= 4 is 17.7 Å². The van der Waals surface area contributed by atoms with E-state index in [-0.39, 0.29) is 36.0 Å². The summed E-state index contributed by atoms with van der Waals surface area (Å²) in [7, 11) is 0. The lowest BCUT2D eigenvalue weighted by Crippen LogP contribution is -2.49. The Bertz CT molecular complexity index is 1320. The molecule has 0 spiro atoms. The maximum absolute atomic E-state index is 13.4. The maximum atomic E-state index is 13.4. The van der Waals surface area contributed by atoms with Crippen LogP contribution in [0.15, 0.2) is 59.9 Å². The maximum Gasteiger partial charge on any atom is 0.433 e. The number of hydrogen-bond acceptors (Lipinski definition) is 7. The monoisotopic (exact) mass is 543 g/mol. The van der Waals surface area contributed by atoms with Gasteiger partial charge in [0, 0.05) is 48.5 Å². The number of carbonyl (C=O) groups excluding carboxylic acids is 1. The highest BCUT2D eigenvalue weighted by Gasteiger charge is 2.44. The van der Waals surface area contributed by atoms with Crippen LogP contribution in [0.1, 0.15) is 47.3 Å². The summed E-state index contributed by atoms with van der Waals surface area (Å²) in [4.78, 5) is 22.9. The summed E-state index contributed by atoms with van der Waals surface area (Å²) in [5.74, 6) is 2.53. The van der Waals surface area contributed by atoms with Gasteiger partial charge in [0.1, 0.15) is 17.5 Å². The van der Waals surface area contributed by atoms with E-state index in [0.29, 0.717) is 22.8 Å². The van der Waals surface area contributed by atoms with Crippen LogP contribution in [0.4, 0.5) is 13.2 Å². The van der Waals surface area contributed by atoms with Crippen LogP contribution in [-0.4, -0.2) is 45.8 Å². The summed E-state index contributed by atoms with van der Waals surface area (Å²) < 4.78 is 55.7. The molecule has 7 nitrogen and oxygen atoms in total. The van der Waals surface area contributed by atoms with Gasteiger partial charge in [0.25, 0.3) is 5.91 Å². The Morgan fingerprint density at radius 3 is 2.50 bits per heavy atom. The predicted molar refractivity (Wildman–Crippen MR) is 132 cm³/mol. The van der Waals surface area contributed by atoms with E-state index in [9.17, 15) is 18.0 Å². The van der Waals surface area contributed by atoms with Crippen LogP contribution in [0.25, 0.3) is 0 Å². The van der Waals surface area contributed by atoms with E-state index in [1.165, 1.54) is 0 Å². The standard InChI is InChI=1S/C27H24F3N3O4S/c28-27(29,30)24-9-10-31-26(32-24)38-14-16-1-3-17(4-2-16)25(34)33-18-5-6-19(33)12-21(11-18)37-20-7-8-22-23(13-20)36-15-35-22/h1-4,7-10,13,18-19,21H,5-6,11-12,14-15H2. The highest BCUT2D eigenvalue weighted by Crippen LogP contribution is 2.40. The van der Waals surface area contributed by atoms with Gasteiger partial charge in [-0.2, -0.15) is 13.2 Å². The third kappa shape index (κ3) is 5.11. The second kappa shape index (κ2) is 10.0. The van der Waals surface area contributed by atoms with Crippen LogP contribution in [0.3, 0.4) is 0 Å². The molecule has 11 heteroatoms. The number of fused-ring (bicyclic) bond motifs is 3. The summed E-state index contributed by atoms with van der Waals surface area (Å²) in [6.45, 7) is 0.216. The number of aromatic nitrogens is 2. The van der Waals surface area contributed by atoms with Crippen LogP contribution >= 0.6 is 11.8 Å². The first-order valence-corrected chi connectivity index (χ1v) is 13.3. The van der Waals surface area contributed by atoms with Gasteiger partial charge in [-0.25, -0.2) is 9.97 Å². The van der Waals surface area contributed by atoms with Crippen molar-refractivity contribution in [2.75, 3.05) is 6.79 Å². The second-order valence-corrected chi connectivity index (χ2v) is 10.5. The van der Waals surface area contributed by atoms with Crippen molar-refractivity contribution in [3.05, 3.63) is 71.5 Å². The summed E-state index contributed by atoms with van der Waals surface area (Å²) >= 11 is 1.12. The molecule has 3 aromatic rings. The van der Waals surface area contributed by atoms with E-state index < -0.39 is 11.9 Å². The molecule has 3 aliphatic rings. The van der Waals surface area contributed by atoms with Crippen molar-refractivity contribution in [3.8, 4) is 17.2 Å². The summed E-state index contributed by atoms with van der Waals surface area (Å²) in [6.07, 6.45) is 0.0511. The average molecular weight is 544 g/mol. The lowest BCUT2D eigenvalue weighted by Gasteiger charge is -2.39. The number of halogens is 3. The molecule has 2 aromatic carbocycles. The molecule has 0 saturated carbocycles. The molecule has 2 atom stereocenters. The highest BCUT2D eigenvalue weighted by molar-refractivity contribution is 7.98. The molecule has 4 heterocycles. The highest BCUT2D eigenvalue weighted by atomic mass is 32.2. The van der Waals surface area contributed by atoms with Crippen molar-refractivity contribution in [1.82, 2.24) is 14.9 Å². The second-order valence-electron chi connectivity index (χ2n) is 9.53. The van der Waals surface area contributed by atoms with E-state index in [2.05, 4.69) is 9.97 Å². The smallest absolute Gasteiger partial charge is 0.433 e. The quantitative estimate of drug-likeness (QED) is 0.290. The van der Waals surface area contributed by atoms with Gasteiger partial charge in [-0.1, -0.05) is 23.9 Å². The molecule has 2 saturated heterocycles. The molecule has 2 unspecified atom stereocenters. The zero-order chi connectivity index (χ0) is 26.3. The normalized spacial score (nSPS) is 22.0. The van der Waals surface area contributed by atoms with Crippen molar-refractivity contribution < 1.29 is 32.2 Å². The molecule has 38 heavy (non-hydrogen) atoms. The Kier molecular flexibility index (Phi) is 6.55. The summed E-state index contributed by atoms with van der Waals surface area (Å²) in [6, 6.07) is 13.9. The van der Waals surface area contributed by atoms with Gasteiger partial charge in [-0.3, -0.25) is 4.79 Å². The molecular weight excluding hydrogens is 519 g/mol. The Balaban J connectivity index is 1.06. The van der Waals surface area contributed by atoms with Gasteiger partial charge >= 0.3 is 6.18 Å². The van der Waals surface area contributed by atoms with E-state index >= 15 is 0 Å². The van der Waals surface area contributed by atoms with E-state index in [1.54, 1.807) is 12.1 Å². The molecule has 2 bridgehead atoms. The van der Waals surface area contributed by atoms with Crippen LogP contribution in [-0.2, 0) is 11.9 Å². The topological polar surface area (TPSA) is 73.8 Å². The number of piperidine rings is 1. The van der Waals surface area contributed by atoms with Gasteiger partial charge < -0.3 is 19.1 Å². The molecule has 0 N–H and O–H groups in total. The molecular formula is C27H24F3N3O4S. The molecule has 2 fully saturated rings. The SMILES string of the molecule is O=C(c1ccc(CSc2nccc(C(F)(F)F)n2)cc1)N1C2CCC1CC(Oc1ccc3c(c1)OCO3)C2. The zero-order valence-electron chi connectivity index (χ0n) is 20.2. The molecule has 1 aromatic heterocycles. The molecule has 1 amide bonds. The van der Waals surface area contributed by atoms with Crippen LogP contribution in [0.2, 0.25) is 0 Å². The third-order valence-corrected chi connectivity index (χ3v) is 8.00. The van der Waals surface area contributed by atoms with Gasteiger partial charge in [0.2, 0.25) is 6.79 Å². The molecule has 198 valence electrons. The summed E-state index contributed by atoms with van der Waals surface area (Å²) in [5.41, 5.74) is 0.503. The first-order valence-electron chi connectivity index (χ1n) is 12.3. The van der Waals surface area contributed by atoms with Crippen molar-refractivity contribution in [3.63, 3.8) is 0 Å². The van der Waals surface area contributed by atoms with Crippen LogP contribution < -0.4 is 14.2 Å². The number of rotatable bonds is 6. The van der Waals surface area contributed by atoms with E-state index in [4.69, 9.17) is 14.2 Å². The average Bonchev–Trinajstić information content (AvgIpc) is 3.48. The van der Waals surface area contributed by atoms with Crippen molar-refractivity contribution in [1.29, 1.82) is 0 Å². The Morgan fingerprint density at radius 1 is 1.03 bits per heavy atom. The Labute approximate surface area is 221 Å². The van der Waals surface area contributed by atoms with Crippen LogP contribution in [0.5, 0.6) is 17.2 Å². The minimum absolute atomic E-state index is 0.000515. The lowest BCUT2D eigenvalue weighted by atomic mass is 9.98. The number of nitrogens with zero attached hydrogens (tertiary/aromatic N) is 3. The third-order valence-electron chi connectivity index (χ3n) is 7.06. The number of carbonyl (C=O) groups is 1. The Morgan fingerprint density at radius 2 is 1.76 bits per heavy atom. The van der Waals surface area contributed by atoms with Crippen LogP contribution in [0, 0.1) is 0 Å².